The summed E-state index contributed by atoms with van der Waals surface area (Å²) in [7, 11) is 0. The van der Waals surface area contributed by atoms with E-state index in [1.54, 1.807) is 6.20 Å². The molecule has 35 heavy (non-hydrogen) atoms. The monoisotopic (exact) mass is 510 g/mol. The molecule has 1 N–H and O–H groups in total. The Balaban J connectivity index is 1.58. The van der Waals surface area contributed by atoms with Gasteiger partial charge in [0.15, 0.2) is 0 Å². The number of aromatic nitrogens is 3. The number of hydrogen-bond acceptors (Lipinski definition) is 7. The maximum absolute atomic E-state index is 15.5. The molecule has 7 nitrogen and oxygen atoms in total. The van der Waals surface area contributed by atoms with Crippen LogP contribution in [-0.2, 0) is 10.9 Å². The van der Waals surface area contributed by atoms with Crippen molar-refractivity contribution >= 4 is 17.2 Å². The fourth-order valence-corrected chi connectivity index (χ4v) is 4.29. The predicted octanol–water partition coefficient (Wildman–Crippen LogP) is 5.12. The van der Waals surface area contributed by atoms with E-state index < -0.39 is 29.8 Å². The van der Waals surface area contributed by atoms with E-state index in [1.807, 2.05) is 6.92 Å². The van der Waals surface area contributed by atoms with Gasteiger partial charge in [0.1, 0.15) is 23.2 Å². The number of benzene rings is 1. The number of nitrogens with one attached hydrogen (secondary N) is 1. The number of carbonyl (C=O) groups excluding carboxylic acids is 1. The molecular weight excluding hydrogens is 488 g/mol. The first kappa shape index (κ1) is 25.0. The van der Waals surface area contributed by atoms with E-state index in [9.17, 15) is 18.0 Å². The van der Waals surface area contributed by atoms with E-state index in [2.05, 4.69) is 20.3 Å². The maximum Gasteiger partial charge on any atom is 0.451 e. The van der Waals surface area contributed by atoms with Gasteiger partial charge in [-0.15, -0.1) is 11.3 Å². The minimum atomic E-state index is -4.68. The molecule has 0 radical (unpaired) electrons. The van der Waals surface area contributed by atoms with E-state index in [0.717, 1.165) is 30.1 Å². The number of halogens is 4. The summed E-state index contributed by atoms with van der Waals surface area (Å²) in [5.41, 5.74) is 0.0642. The molecule has 186 valence electrons. The van der Waals surface area contributed by atoms with Gasteiger partial charge in [-0.25, -0.2) is 19.3 Å². The second-order valence-electron chi connectivity index (χ2n) is 8.09. The van der Waals surface area contributed by atoms with Crippen LogP contribution in [0, 0.1) is 12.7 Å². The third kappa shape index (κ3) is 5.93. The number of thiazole rings is 1. The van der Waals surface area contributed by atoms with E-state index in [0.29, 0.717) is 11.6 Å². The Kier molecular flexibility index (Phi) is 7.31. The summed E-state index contributed by atoms with van der Waals surface area (Å²) < 4.78 is 65.0. The maximum atomic E-state index is 15.5. The molecule has 0 bridgehead atoms. The second-order valence-corrected chi connectivity index (χ2v) is 9.32. The zero-order valence-electron chi connectivity index (χ0n) is 18.9. The standard InChI is InChI=1S/C23H22F4N4O3S/c1-12-8-28-21(35-12)18-7-16(34-11-15-4-3-5-33-15)6-17(19(18)24)20(32)31-13(2)14-9-29-22(30-10-14)23(25,26)27/h6-10,13,15H,3-5,11H2,1-2H3,(H,31,32)/t13?,15-/m0/s1. The van der Waals surface area contributed by atoms with Crippen LogP contribution < -0.4 is 10.1 Å². The lowest BCUT2D eigenvalue weighted by molar-refractivity contribution is -0.145. The Labute approximate surface area is 202 Å². The first-order valence-corrected chi connectivity index (χ1v) is 11.6. The zero-order valence-corrected chi connectivity index (χ0v) is 19.7. The van der Waals surface area contributed by atoms with Gasteiger partial charge in [0, 0.05) is 35.6 Å². The molecule has 1 unspecified atom stereocenters. The molecule has 4 rings (SSSR count). The number of alkyl halides is 3. The lowest BCUT2D eigenvalue weighted by atomic mass is 10.1. The molecule has 0 aliphatic carbocycles. The molecule has 2 aromatic heterocycles. The molecule has 1 saturated heterocycles. The van der Waals surface area contributed by atoms with Crippen LogP contribution in [0.5, 0.6) is 5.75 Å². The fraction of sp³-hybridized carbons (Fsp3) is 0.391. The molecular formula is C23H22F4N4O3S. The summed E-state index contributed by atoms with van der Waals surface area (Å²) in [4.78, 5) is 24.7. The van der Waals surface area contributed by atoms with Crippen molar-refractivity contribution in [2.75, 3.05) is 13.2 Å². The summed E-state index contributed by atoms with van der Waals surface area (Å²) >= 11 is 1.27. The summed E-state index contributed by atoms with van der Waals surface area (Å²) in [5, 5.41) is 2.97. The fourth-order valence-electron chi connectivity index (χ4n) is 3.51. The van der Waals surface area contributed by atoms with Gasteiger partial charge in [0.05, 0.1) is 23.3 Å². The van der Waals surface area contributed by atoms with Crippen LogP contribution in [0.25, 0.3) is 10.6 Å². The molecule has 1 amide bonds. The Morgan fingerprint density at radius 1 is 1.26 bits per heavy atom. The quantitative estimate of drug-likeness (QED) is 0.445. The van der Waals surface area contributed by atoms with Gasteiger partial charge in [-0.3, -0.25) is 4.79 Å². The number of hydrogen-bond donors (Lipinski definition) is 1. The van der Waals surface area contributed by atoms with Gasteiger partial charge >= 0.3 is 6.18 Å². The number of nitrogens with zero attached hydrogens (tertiary/aromatic N) is 3. The highest BCUT2D eigenvalue weighted by molar-refractivity contribution is 7.14. The van der Waals surface area contributed by atoms with Gasteiger partial charge in [-0.2, -0.15) is 13.2 Å². The van der Waals surface area contributed by atoms with E-state index in [1.165, 1.54) is 30.4 Å². The first-order chi connectivity index (χ1) is 16.6. The van der Waals surface area contributed by atoms with Gasteiger partial charge in [0.2, 0.25) is 5.82 Å². The number of aryl methyl sites for hydroxylation is 1. The second kappa shape index (κ2) is 10.2. The van der Waals surface area contributed by atoms with Crippen molar-refractivity contribution in [1.82, 2.24) is 20.3 Å². The highest BCUT2D eigenvalue weighted by Gasteiger charge is 2.34. The molecule has 1 aromatic carbocycles. The summed E-state index contributed by atoms with van der Waals surface area (Å²) in [6.45, 7) is 4.27. The van der Waals surface area contributed by atoms with Crippen LogP contribution in [0.3, 0.4) is 0 Å². The molecule has 1 aliphatic rings. The van der Waals surface area contributed by atoms with Gasteiger partial charge in [-0.1, -0.05) is 0 Å². The van der Waals surface area contributed by atoms with Crippen molar-refractivity contribution in [2.24, 2.45) is 0 Å². The first-order valence-electron chi connectivity index (χ1n) is 10.8. The van der Waals surface area contributed by atoms with Crippen molar-refractivity contribution in [3.8, 4) is 16.3 Å². The number of rotatable bonds is 7. The number of ether oxygens (including phenoxy) is 2. The average molecular weight is 511 g/mol. The van der Waals surface area contributed by atoms with Crippen LogP contribution in [0.4, 0.5) is 17.6 Å². The Morgan fingerprint density at radius 3 is 2.60 bits per heavy atom. The van der Waals surface area contributed by atoms with Crippen molar-refractivity contribution in [2.45, 2.75) is 45.0 Å². The Bertz CT molecular complexity index is 1190. The zero-order chi connectivity index (χ0) is 25.2. The largest absolute Gasteiger partial charge is 0.491 e. The van der Waals surface area contributed by atoms with Crippen molar-refractivity contribution in [3.63, 3.8) is 0 Å². The molecule has 1 fully saturated rings. The van der Waals surface area contributed by atoms with Crippen molar-refractivity contribution in [3.05, 3.63) is 58.4 Å². The number of carbonyl (C=O) groups is 1. The van der Waals surface area contributed by atoms with Gasteiger partial charge in [0.25, 0.3) is 5.91 Å². The Hall–Kier alpha value is -3.12. The molecule has 0 saturated carbocycles. The minimum Gasteiger partial charge on any atom is -0.491 e. The Morgan fingerprint density at radius 2 is 2.00 bits per heavy atom. The van der Waals surface area contributed by atoms with Crippen LogP contribution >= 0.6 is 11.3 Å². The third-order valence-corrected chi connectivity index (χ3v) is 6.32. The van der Waals surface area contributed by atoms with Crippen LogP contribution in [0.15, 0.2) is 30.7 Å². The summed E-state index contributed by atoms with van der Waals surface area (Å²) in [6, 6.07) is 2.00. The van der Waals surface area contributed by atoms with Crippen LogP contribution in [0.1, 0.15) is 52.4 Å². The molecule has 12 heteroatoms. The van der Waals surface area contributed by atoms with E-state index in [4.69, 9.17) is 9.47 Å². The van der Waals surface area contributed by atoms with Crippen LogP contribution in [-0.4, -0.2) is 40.2 Å². The molecule has 3 heterocycles. The smallest absolute Gasteiger partial charge is 0.451 e. The SMILES string of the molecule is Cc1cnc(-c2cc(OC[C@@H]3CCCO3)cc(C(=O)NC(C)c3cnc(C(F)(F)F)nc3)c2F)s1. The summed E-state index contributed by atoms with van der Waals surface area (Å²) in [6.07, 6.45) is 0.570. The molecule has 3 aromatic rings. The minimum absolute atomic E-state index is 0.0809. The predicted molar refractivity (Wildman–Crippen MR) is 120 cm³/mol. The highest BCUT2D eigenvalue weighted by Crippen LogP contribution is 2.33. The highest BCUT2D eigenvalue weighted by atomic mass is 32.1. The van der Waals surface area contributed by atoms with Crippen molar-refractivity contribution in [1.29, 1.82) is 0 Å². The van der Waals surface area contributed by atoms with Crippen LogP contribution in [0.2, 0.25) is 0 Å². The van der Waals surface area contributed by atoms with Crippen molar-refractivity contribution < 1.29 is 31.8 Å². The van der Waals surface area contributed by atoms with E-state index in [-0.39, 0.29) is 35.2 Å². The molecule has 1 aliphatic heterocycles. The lowest BCUT2D eigenvalue weighted by Gasteiger charge is -2.17. The third-order valence-electron chi connectivity index (χ3n) is 5.38. The molecule has 0 spiro atoms. The number of amides is 1. The normalized spacial score (nSPS) is 16.8. The average Bonchev–Trinajstić information content (AvgIpc) is 3.49. The molecule has 2 atom stereocenters. The topological polar surface area (TPSA) is 86.2 Å². The lowest BCUT2D eigenvalue weighted by Crippen LogP contribution is -2.28. The van der Waals surface area contributed by atoms with Gasteiger partial charge < -0.3 is 14.8 Å². The summed E-state index contributed by atoms with van der Waals surface area (Å²) in [5.74, 6) is -2.56. The van der Waals surface area contributed by atoms with Gasteiger partial charge in [-0.05, 0) is 38.8 Å². The van der Waals surface area contributed by atoms with E-state index >= 15 is 4.39 Å².